The molecule has 0 radical (unpaired) electrons. The molecule has 0 bridgehead atoms. The van der Waals surface area contributed by atoms with E-state index in [9.17, 15) is 13.6 Å². The van der Waals surface area contributed by atoms with E-state index in [-0.39, 0.29) is 29.9 Å². The Bertz CT molecular complexity index is 986. The Morgan fingerprint density at radius 3 is 2.64 bits per heavy atom. The summed E-state index contributed by atoms with van der Waals surface area (Å²) in [7, 11) is 0. The molecule has 1 aromatic heterocycles. The lowest BCUT2D eigenvalue weighted by Crippen LogP contribution is -2.51. The Morgan fingerprint density at radius 2 is 1.97 bits per heavy atom. The molecule has 1 N–H and O–H groups in total. The first-order valence-corrected chi connectivity index (χ1v) is 12.7. The highest BCUT2D eigenvalue weighted by atomic mass is 32.1. The van der Waals surface area contributed by atoms with Crippen molar-refractivity contribution in [3.63, 3.8) is 0 Å². The van der Waals surface area contributed by atoms with Gasteiger partial charge < -0.3 is 10.0 Å². The third-order valence-electron chi connectivity index (χ3n) is 7.12. The van der Waals surface area contributed by atoms with E-state index in [1.54, 1.807) is 11.3 Å². The molecule has 2 aromatic rings. The first-order chi connectivity index (χ1) is 15.8. The number of halogens is 2. The van der Waals surface area contributed by atoms with Crippen LogP contribution in [0.4, 0.5) is 8.78 Å². The van der Waals surface area contributed by atoms with Gasteiger partial charge in [-0.15, -0.1) is 11.3 Å². The third kappa shape index (κ3) is 5.28. The standard InChI is InChI=1S/C25H33F2N3O2S/c1-17(2)23-28-21(15-33-23)24(32)30-10-3-7-25(16-30)8-11-29(12-9-25)14-18-4-5-20(26)19(6-13-31)22(18)27/h4-5,15,17,31H,3,6-14,16H2,1-2H3. The molecule has 4 rings (SSSR count). The van der Waals surface area contributed by atoms with Crippen LogP contribution >= 0.6 is 11.3 Å². The van der Waals surface area contributed by atoms with Crippen LogP contribution in [0.3, 0.4) is 0 Å². The van der Waals surface area contributed by atoms with Crippen LogP contribution < -0.4 is 0 Å². The Hall–Kier alpha value is -1.90. The van der Waals surface area contributed by atoms with E-state index in [2.05, 4.69) is 23.7 Å². The van der Waals surface area contributed by atoms with Crippen molar-refractivity contribution in [2.75, 3.05) is 32.8 Å². The van der Waals surface area contributed by atoms with Crippen LogP contribution in [0.5, 0.6) is 0 Å². The van der Waals surface area contributed by atoms with Crippen molar-refractivity contribution in [1.82, 2.24) is 14.8 Å². The topological polar surface area (TPSA) is 56.7 Å². The third-order valence-corrected chi connectivity index (χ3v) is 8.27. The first-order valence-electron chi connectivity index (χ1n) is 11.9. The smallest absolute Gasteiger partial charge is 0.273 e. The average Bonchev–Trinajstić information content (AvgIpc) is 3.30. The molecule has 5 nitrogen and oxygen atoms in total. The van der Waals surface area contributed by atoms with E-state index < -0.39 is 11.6 Å². The van der Waals surface area contributed by atoms with Gasteiger partial charge in [-0.05, 0) is 50.3 Å². The van der Waals surface area contributed by atoms with Gasteiger partial charge in [0, 0.05) is 55.1 Å². The number of nitrogens with zero attached hydrogens (tertiary/aromatic N) is 3. The zero-order valence-electron chi connectivity index (χ0n) is 19.4. The van der Waals surface area contributed by atoms with Crippen LogP contribution in [0.25, 0.3) is 0 Å². The zero-order chi connectivity index (χ0) is 23.6. The summed E-state index contributed by atoms with van der Waals surface area (Å²) < 4.78 is 28.6. The summed E-state index contributed by atoms with van der Waals surface area (Å²) in [5.74, 6) is -0.790. The summed E-state index contributed by atoms with van der Waals surface area (Å²) >= 11 is 1.55. The molecule has 2 saturated heterocycles. The van der Waals surface area contributed by atoms with Crippen molar-refractivity contribution in [3.8, 4) is 0 Å². The molecular weight excluding hydrogens is 444 g/mol. The maximum absolute atomic E-state index is 14.7. The van der Waals surface area contributed by atoms with Crippen molar-refractivity contribution >= 4 is 17.2 Å². The molecule has 8 heteroatoms. The summed E-state index contributed by atoms with van der Waals surface area (Å²) in [6.45, 7) is 7.49. The molecule has 3 heterocycles. The summed E-state index contributed by atoms with van der Waals surface area (Å²) in [5, 5.41) is 12.0. The lowest BCUT2D eigenvalue weighted by molar-refractivity contribution is 0.0193. The quantitative estimate of drug-likeness (QED) is 0.661. The predicted octanol–water partition coefficient (Wildman–Crippen LogP) is 4.60. The van der Waals surface area contributed by atoms with Crippen molar-refractivity contribution in [2.45, 2.75) is 58.4 Å². The lowest BCUT2D eigenvalue weighted by atomic mass is 9.72. The monoisotopic (exact) mass is 477 g/mol. The van der Waals surface area contributed by atoms with Gasteiger partial charge in [0.2, 0.25) is 0 Å². The van der Waals surface area contributed by atoms with Gasteiger partial charge >= 0.3 is 0 Å². The molecule has 1 aromatic carbocycles. The molecule has 180 valence electrons. The average molecular weight is 478 g/mol. The molecule has 1 amide bonds. The maximum Gasteiger partial charge on any atom is 0.273 e. The van der Waals surface area contributed by atoms with Crippen LogP contribution in [0.2, 0.25) is 0 Å². The van der Waals surface area contributed by atoms with E-state index in [1.807, 2.05) is 10.3 Å². The number of thiazole rings is 1. The Morgan fingerprint density at radius 1 is 1.21 bits per heavy atom. The van der Waals surface area contributed by atoms with Crippen LogP contribution in [0.1, 0.15) is 72.1 Å². The van der Waals surface area contributed by atoms with Crippen LogP contribution in [0.15, 0.2) is 17.5 Å². The number of hydrogen-bond acceptors (Lipinski definition) is 5. The molecule has 0 unspecified atom stereocenters. The molecule has 0 atom stereocenters. The van der Waals surface area contributed by atoms with Crippen molar-refractivity contribution in [2.24, 2.45) is 5.41 Å². The zero-order valence-corrected chi connectivity index (χ0v) is 20.3. The highest BCUT2D eigenvalue weighted by Crippen LogP contribution is 2.40. The van der Waals surface area contributed by atoms with E-state index in [0.717, 1.165) is 56.9 Å². The maximum atomic E-state index is 14.7. The number of rotatable bonds is 6. The molecule has 1 spiro atoms. The lowest BCUT2D eigenvalue weighted by Gasteiger charge is -2.47. The van der Waals surface area contributed by atoms with Gasteiger partial charge in [0.1, 0.15) is 17.3 Å². The number of likely N-dealkylation sites (tertiary alicyclic amines) is 2. The largest absolute Gasteiger partial charge is 0.396 e. The van der Waals surface area contributed by atoms with E-state index in [4.69, 9.17) is 5.11 Å². The summed E-state index contributed by atoms with van der Waals surface area (Å²) in [5.41, 5.74) is 1.10. The molecule has 0 saturated carbocycles. The fourth-order valence-electron chi connectivity index (χ4n) is 5.14. The summed E-state index contributed by atoms with van der Waals surface area (Å²) in [4.78, 5) is 21.8. The van der Waals surface area contributed by atoms with Crippen molar-refractivity contribution in [3.05, 3.63) is 51.0 Å². The number of piperidine rings is 2. The number of carbonyl (C=O) groups excluding carboxylic acids is 1. The Balaban J connectivity index is 1.37. The number of aliphatic hydroxyl groups is 1. The predicted molar refractivity (Wildman–Crippen MR) is 125 cm³/mol. The van der Waals surface area contributed by atoms with E-state index >= 15 is 0 Å². The molecule has 0 aliphatic carbocycles. The van der Waals surface area contributed by atoms with E-state index in [0.29, 0.717) is 23.7 Å². The molecule has 33 heavy (non-hydrogen) atoms. The summed E-state index contributed by atoms with van der Waals surface area (Å²) in [6, 6.07) is 2.80. The fraction of sp³-hybridized carbons (Fsp3) is 0.600. The van der Waals surface area contributed by atoms with Gasteiger partial charge in [0.25, 0.3) is 5.91 Å². The minimum absolute atomic E-state index is 0.0177. The van der Waals surface area contributed by atoms with Crippen LogP contribution in [-0.2, 0) is 13.0 Å². The van der Waals surface area contributed by atoms with Gasteiger partial charge in [-0.2, -0.15) is 0 Å². The molecular formula is C25H33F2N3O2S. The van der Waals surface area contributed by atoms with Crippen molar-refractivity contribution < 1.29 is 18.7 Å². The molecule has 2 aliphatic rings. The SMILES string of the molecule is CC(C)c1nc(C(=O)N2CCCC3(CCN(Cc4ccc(F)c(CCO)c4F)CC3)C2)cs1. The number of amides is 1. The fourth-order valence-corrected chi connectivity index (χ4v) is 5.95. The van der Waals surface area contributed by atoms with E-state index in [1.165, 1.54) is 12.1 Å². The van der Waals surface area contributed by atoms with Gasteiger partial charge in [0.15, 0.2) is 0 Å². The Labute approximate surface area is 198 Å². The molecule has 2 aliphatic heterocycles. The Kier molecular flexibility index (Phi) is 7.46. The van der Waals surface area contributed by atoms with Gasteiger partial charge in [-0.1, -0.05) is 19.9 Å². The molecule has 2 fully saturated rings. The minimum atomic E-state index is -0.601. The highest BCUT2D eigenvalue weighted by Gasteiger charge is 2.40. The number of benzene rings is 1. The first kappa shape index (κ1) is 24.2. The normalized spacial score (nSPS) is 18.9. The van der Waals surface area contributed by atoms with Crippen molar-refractivity contribution in [1.29, 1.82) is 0 Å². The second kappa shape index (κ2) is 10.2. The number of hydrogen-bond donors (Lipinski definition) is 1. The van der Waals surface area contributed by atoms with Gasteiger partial charge in [-0.25, -0.2) is 13.8 Å². The second-order valence-corrected chi connectivity index (χ2v) is 10.7. The van der Waals surface area contributed by atoms with Gasteiger partial charge in [0.05, 0.1) is 5.01 Å². The number of aromatic nitrogens is 1. The summed E-state index contributed by atoms with van der Waals surface area (Å²) in [6.07, 6.45) is 3.99. The minimum Gasteiger partial charge on any atom is -0.396 e. The second-order valence-electron chi connectivity index (χ2n) is 9.80. The van der Waals surface area contributed by atoms with Crippen LogP contribution in [-0.4, -0.2) is 58.6 Å². The number of aliphatic hydroxyl groups excluding tert-OH is 1. The van der Waals surface area contributed by atoms with Crippen LogP contribution in [0, 0.1) is 17.0 Å². The number of carbonyl (C=O) groups is 1. The van der Waals surface area contributed by atoms with Gasteiger partial charge in [-0.3, -0.25) is 9.69 Å². The highest BCUT2D eigenvalue weighted by molar-refractivity contribution is 7.09.